The third-order valence-electron chi connectivity index (χ3n) is 2.96. The average molecular weight is 211 g/mol. The van der Waals surface area contributed by atoms with Crippen molar-refractivity contribution < 1.29 is 4.74 Å². The smallest absolute Gasteiger partial charge is 0.276 e. The van der Waals surface area contributed by atoms with E-state index < -0.39 is 0 Å². The summed E-state index contributed by atoms with van der Waals surface area (Å²) in [6.45, 7) is 6.62. The summed E-state index contributed by atoms with van der Waals surface area (Å²) in [5.41, 5.74) is 3.59. The zero-order valence-electron chi connectivity index (χ0n) is 9.49. The fourth-order valence-corrected chi connectivity index (χ4v) is 2.14. The molecule has 80 valence electrons. The Kier molecular flexibility index (Phi) is 3.01. The number of nitriles is 1. The number of hydrogen-bond donors (Lipinski definition) is 0. The molecule has 0 aliphatic carbocycles. The Hall–Kier alpha value is -1.69. The Morgan fingerprint density at radius 3 is 2.94 bits per heavy atom. The van der Waals surface area contributed by atoms with Crippen LogP contribution in [-0.4, -0.2) is 13.3 Å². The van der Waals surface area contributed by atoms with Gasteiger partial charge in [-0.05, 0) is 25.6 Å². The second-order valence-corrected chi connectivity index (χ2v) is 4.07. The third-order valence-corrected chi connectivity index (χ3v) is 2.96. The Morgan fingerprint density at radius 2 is 2.25 bits per heavy atom. The molecule has 3 heteroatoms. The van der Waals surface area contributed by atoms with Gasteiger partial charge >= 0.3 is 0 Å². The maximum Gasteiger partial charge on any atom is 0.276 e. The van der Waals surface area contributed by atoms with Crippen molar-refractivity contribution in [2.24, 2.45) is 0 Å². The zero-order valence-corrected chi connectivity index (χ0v) is 9.49. The largest absolute Gasteiger partial charge is 0.494 e. The first-order valence-corrected chi connectivity index (χ1v) is 5.58. The quantitative estimate of drug-likeness (QED) is 0.568. The lowest BCUT2D eigenvalue weighted by atomic mass is 9.49. The van der Waals surface area contributed by atoms with Crippen molar-refractivity contribution in [3.8, 4) is 5.97 Å². The van der Waals surface area contributed by atoms with Gasteiger partial charge in [-0.3, -0.25) is 0 Å². The highest BCUT2D eigenvalue weighted by Gasteiger charge is 2.25. The third kappa shape index (κ3) is 1.97. The van der Waals surface area contributed by atoms with E-state index in [1.807, 2.05) is 13.0 Å². The van der Waals surface area contributed by atoms with Crippen molar-refractivity contribution in [1.29, 1.82) is 5.26 Å². The molecular formula is C13H14BNO. The zero-order chi connectivity index (χ0) is 11.5. The van der Waals surface area contributed by atoms with Crippen molar-refractivity contribution in [2.75, 3.05) is 6.61 Å². The van der Waals surface area contributed by atoms with E-state index in [1.54, 1.807) is 0 Å². The lowest BCUT2D eigenvalue weighted by molar-refractivity contribution is 0.299. The number of hydrogen-bond acceptors (Lipinski definition) is 2. The average Bonchev–Trinajstić information content (AvgIpc) is 2.70. The van der Waals surface area contributed by atoms with E-state index in [2.05, 4.69) is 24.7 Å². The topological polar surface area (TPSA) is 33.0 Å². The number of rotatable bonds is 3. The maximum atomic E-state index is 8.91. The van der Waals surface area contributed by atoms with Gasteiger partial charge < -0.3 is 4.74 Å². The van der Waals surface area contributed by atoms with Gasteiger partial charge in [-0.1, -0.05) is 29.8 Å². The molecule has 0 saturated carbocycles. The summed E-state index contributed by atoms with van der Waals surface area (Å²) in [6, 6.07) is 6.22. The van der Waals surface area contributed by atoms with Crippen LogP contribution in [0.3, 0.4) is 0 Å². The molecule has 1 heterocycles. The Morgan fingerprint density at radius 1 is 1.50 bits per heavy atom. The van der Waals surface area contributed by atoms with Gasteiger partial charge in [0.15, 0.2) is 0 Å². The summed E-state index contributed by atoms with van der Waals surface area (Å²) in [5.74, 6) is 3.04. The highest BCUT2D eigenvalue weighted by Crippen LogP contribution is 2.25. The Bertz CT molecular complexity index is 461. The molecule has 2 nitrogen and oxygen atoms in total. The first-order chi connectivity index (χ1) is 7.74. The fraction of sp³-hybridized carbons (Fsp3) is 0.308. The molecule has 0 radical (unpaired) electrons. The molecule has 1 aromatic carbocycles. The molecule has 1 aromatic rings. The van der Waals surface area contributed by atoms with E-state index >= 15 is 0 Å². The van der Waals surface area contributed by atoms with Crippen molar-refractivity contribution in [2.45, 2.75) is 19.6 Å². The summed E-state index contributed by atoms with van der Waals surface area (Å²) < 4.78 is 5.38. The van der Waals surface area contributed by atoms with Crippen LogP contribution in [0, 0.1) is 11.2 Å². The van der Waals surface area contributed by atoms with Gasteiger partial charge in [0, 0.05) is 11.5 Å². The molecule has 1 aliphatic rings. The lowest BCUT2D eigenvalue weighted by Gasteiger charge is -2.08. The van der Waals surface area contributed by atoms with Gasteiger partial charge in [-0.15, -0.1) is 0 Å². The second-order valence-electron chi connectivity index (χ2n) is 4.07. The number of fused-ring (bicyclic) bond motifs is 1. The summed E-state index contributed by atoms with van der Waals surface area (Å²) in [6.07, 6.45) is 1.74. The summed E-state index contributed by atoms with van der Waals surface area (Å²) in [7, 11) is 0. The lowest BCUT2D eigenvalue weighted by Crippen LogP contribution is -2.09. The van der Waals surface area contributed by atoms with Crippen LogP contribution in [0.1, 0.15) is 23.6 Å². The van der Waals surface area contributed by atoms with Crippen LogP contribution < -0.4 is 0 Å². The highest BCUT2D eigenvalue weighted by molar-refractivity contribution is 6.66. The summed E-state index contributed by atoms with van der Waals surface area (Å²) in [5, 5.41) is 8.91. The normalized spacial score (nSPS) is 13.1. The predicted octanol–water partition coefficient (Wildman–Crippen LogP) is 2.43. The molecule has 0 aromatic heterocycles. The molecule has 1 aliphatic heterocycles. The standard InChI is InChI=1S/C13H14BNO/c1-3-16-10(2)11-4-5-12-7-14(9-15)8-13(12)6-11/h4-6H,2-3,7-8H2,1H3. The van der Waals surface area contributed by atoms with Crippen LogP contribution in [0.25, 0.3) is 5.76 Å². The second kappa shape index (κ2) is 4.44. The Labute approximate surface area is 96.6 Å². The van der Waals surface area contributed by atoms with Crippen molar-refractivity contribution >= 4 is 12.5 Å². The molecular weight excluding hydrogens is 197 g/mol. The summed E-state index contributed by atoms with van der Waals surface area (Å²) >= 11 is 0. The van der Waals surface area contributed by atoms with Gasteiger partial charge in [0.1, 0.15) is 5.76 Å². The molecule has 0 amide bonds. The number of benzene rings is 1. The van der Waals surface area contributed by atoms with E-state index in [4.69, 9.17) is 10.00 Å². The first-order valence-electron chi connectivity index (χ1n) is 5.58. The van der Waals surface area contributed by atoms with Gasteiger partial charge in [-0.2, -0.15) is 0 Å². The minimum Gasteiger partial charge on any atom is -0.494 e. The molecule has 0 bridgehead atoms. The van der Waals surface area contributed by atoms with Crippen LogP contribution in [0.15, 0.2) is 24.8 Å². The minimum atomic E-state index is 0.144. The van der Waals surface area contributed by atoms with Crippen LogP contribution >= 0.6 is 0 Å². The van der Waals surface area contributed by atoms with Crippen molar-refractivity contribution in [3.05, 3.63) is 41.5 Å². The maximum absolute atomic E-state index is 8.91. The van der Waals surface area contributed by atoms with E-state index in [1.165, 1.54) is 11.1 Å². The number of nitrogens with zero attached hydrogens (tertiary/aromatic N) is 1. The molecule has 0 saturated heterocycles. The van der Waals surface area contributed by atoms with E-state index in [0.717, 1.165) is 18.2 Å². The predicted molar refractivity (Wildman–Crippen MR) is 65.9 cm³/mol. The van der Waals surface area contributed by atoms with Crippen LogP contribution in [0.2, 0.25) is 0 Å². The Balaban J connectivity index is 2.23. The van der Waals surface area contributed by atoms with E-state index in [9.17, 15) is 0 Å². The SMILES string of the molecule is C=C(OCC)c1ccc2c(c1)CB(C#N)C2. The summed E-state index contributed by atoms with van der Waals surface area (Å²) in [4.78, 5) is 0. The van der Waals surface area contributed by atoms with Gasteiger partial charge in [0.25, 0.3) is 6.71 Å². The first kappa shape index (κ1) is 10.8. The van der Waals surface area contributed by atoms with E-state index in [-0.39, 0.29) is 6.71 Å². The van der Waals surface area contributed by atoms with Crippen molar-refractivity contribution in [1.82, 2.24) is 0 Å². The van der Waals surface area contributed by atoms with Crippen LogP contribution in [0.5, 0.6) is 0 Å². The van der Waals surface area contributed by atoms with Crippen LogP contribution in [0.4, 0.5) is 0 Å². The fourth-order valence-electron chi connectivity index (χ4n) is 2.14. The molecule has 0 fully saturated rings. The molecule has 16 heavy (non-hydrogen) atoms. The highest BCUT2D eigenvalue weighted by atomic mass is 16.5. The monoisotopic (exact) mass is 211 g/mol. The molecule has 2 rings (SSSR count). The van der Waals surface area contributed by atoms with Gasteiger partial charge in [-0.25, -0.2) is 5.26 Å². The van der Waals surface area contributed by atoms with Gasteiger partial charge in [0.05, 0.1) is 6.61 Å². The molecule has 0 spiro atoms. The van der Waals surface area contributed by atoms with Gasteiger partial charge in [0.2, 0.25) is 0 Å². The minimum absolute atomic E-state index is 0.144. The number of ether oxygens (including phenoxy) is 1. The molecule has 0 unspecified atom stereocenters. The van der Waals surface area contributed by atoms with Crippen LogP contribution in [-0.2, 0) is 17.4 Å². The van der Waals surface area contributed by atoms with E-state index in [0.29, 0.717) is 12.4 Å². The van der Waals surface area contributed by atoms with Crippen molar-refractivity contribution in [3.63, 3.8) is 0 Å². The molecule has 0 N–H and O–H groups in total. The molecule has 0 atom stereocenters.